The number of nitrogens with zero attached hydrogens (tertiary/aromatic N) is 3. The highest BCUT2D eigenvalue weighted by atomic mass is 16.5. The Morgan fingerprint density at radius 2 is 2.08 bits per heavy atom. The number of fused-ring (bicyclic) bond motifs is 2. The van der Waals surface area contributed by atoms with Crippen LogP contribution in [0.1, 0.15) is 54.6 Å². The highest BCUT2D eigenvalue weighted by Crippen LogP contribution is 2.33. The van der Waals surface area contributed by atoms with Crippen LogP contribution in [0.2, 0.25) is 0 Å². The van der Waals surface area contributed by atoms with Crippen molar-refractivity contribution in [3.05, 3.63) is 57.5 Å². The Morgan fingerprint density at radius 3 is 3.04 bits per heavy atom. The summed E-state index contributed by atoms with van der Waals surface area (Å²) in [6, 6.07) is 7.64. The third-order valence-corrected chi connectivity index (χ3v) is 5.69. The first kappa shape index (κ1) is 15.8. The molecule has 1 aliphatic carbocycles. The second kappa shape index (κ2) is 6.36. The quantitative estimate of drug-likeness (QED) is 0.785. The Balaban J connectivity index is 1.46. The zero-order valence-corrected chi connectivity index (χ0v) is 14.7. The van der Waals surface area contributed by atoms with E-state index in [2.05, 4.69) is 15.0 Å². The molecule has 3 heterocycles. The molecule has 1 fully saturated rings. The summed E-state index contributed by atoms with van der Waals surface area (Å²) in [5, 5.41) is 4.99. The topological polar surface area (TPSA) is 75.0 Å². The SMILES string of the molecule is O=c1[nH]c(C2CCCN2Cc2noc3c2CCCC3)nc2ccccc12. The van der Waals surface area contributed by atoms with Crippen LogP contribution in [0.5, 0.6) is 0 Å². The lowest BCUT2D eigenvalue weighted by Gasteiger charge is -2.23. The van der Waals surface area contributed by atoms with Gasteiger partial charge in [-0.25, -0.2) is 4.98 Å². The maximum absolute atomic E-state index is 12.4. The van der Waals surface area contributed by atoms with E-state index in [1.165, 1.54) is 18.4 Å². The van der Waals surface area contributed by atoms with Gasteiger partial charge in [-0.05, 0) is 50.8 Å². The van der Waals surface area contributed by atoms with Crippen LogP contribution in [-0.4, -0.2) is 26.6 Å². The first-order chi connectivity index (χ1) is 12.8. The molecule has 1 N–H and O–H groups in total. The van der Waals surface area contributed by atoms with E-state index in [9.17, 15) is 4.79 Å². The number of likely N-dealkylation sites (tertiary alicyclic amines) is 1. The van der Waals surface area contributed by atoms with Crippen LogP contribution in [0.3, 0.4) is 0 Å². The summed E-state index contributed by atoms with van der Waals surface area (Å²) in [5.41, 5.74) is 3.07. The van der Waals surface area contributed by atoms with Crippen molar-refractivity contribution in [2.75, 3.05) is 6.54 Å². The van der Waals surface area contributed by atoms with Crippen molar-refractivity contribution in [2.24, 2.45) is 0 Å². The number of hydrogen-bond acceptors (Lipinski definition) is 5. The van der Waals surface area contributed by atoms with Crippen molar-refractivity contribution in [3.63, 3.8) is 0 Å². The molecular weight excluding hydrogens is 328 g/mol. The number of aromatic amines is 1. The van der Waals surface area contributed by atoms with Crippen LogP contribution in [0, 0.1) is 0 Å². The lowest BCUT2D eigenvalue weighted by atomic mass is 9.96. The summed E-state index contributed by atoms with van der Waals surface area (Å²) in [5.74, 6) is 1.84. The van der Waals surface area contributed by atoms with E-state index in [-0.39, 0.29) is 11.6 Å². The van der Waals surface area contributed by atoms with Crippen molar-refractivity contribution in [1.29, 1.82) is 0 Å². The molecule has 26 heavy (non-hydrogen) atoms. The van der Waals surface area contributed by atoms with Gasteiger partial charge in [0.1, 0.15) is 17.3 Å². The lowest BCUT2D eigenvalue weighted by molar-refractivity contribution is 0.231. The van der Waals surface area contributed by atoms with Gasteiger partial charge < -0.3 is 9.51 Å². The van der Waals surface area contributed by atoms with Gasteiger partial charge in [0.25, 0.3) is 5.56 Å². The number of para-hydroxylation sites is 1. The monoisotopic (exact) mass is 350 g/mol. The average Bonchev–Trinajstić information content (AvgIpc) is 3.30. The van der Waals surface area contributed by atoms with Gasteiger partial charge in [-0.15, -0.1) is 0 Å². The van der Waals surface area contributed by atoms with E-state index in [4.69, 9.17) is 9.51 Å². The first-order valence-corrected chi connectivity index (χ1v) is 9.49. The van der Waals surface area contributed by atoms with Crippen LogP contribution in [0.4, 0.5) is 0 Å². The Bertz CT molecular complexity index is 1010. The summed E-state index contributed by atoms with van der Waals surface area (Å²) in [7, 11) is 0. The van der Waals surface area contributed by atoms with E-state index < -0.39 is 0 Å². The molecule has 1 unspecified atom stereocenters. The van der Waals surface area contributed by atoms with E-state index in [0.717, 1.165) is 61.6 Å². The Kier molecular flexibility index (Phi) is 3.85. The molecule has 5 rings (SSSR count). The summed E-state index contributed by atoms with van der Waals surface area (Å²) in [6.45, 7) is 1.75. The van der Waals surface area contributed by atoms with Gasteiger partial charge in [-0.2, -0.15) is 0 Å². The van der Waals surface area contributed by atoms with Gasteiger partial charge in [0.2, 0.25) is 0 Å². The molecule has 0 bridgehead atoms. The highest BCUT2D eigenvalue weighted by molar-refractivity contribution is 5.77. The standard InChI is InChI=1S/C20H22N4O2/c25-20-14-7-1-3-8-15(14)21-19(22-20)17-9-5-11-24(17)12-16-13-6-2-4-10-18(13)26-23-16/h1,3,7-8,17H,2,4-6,9-12H2,(H,21,22,25). The van der Waals surface area contributed by atoms with Gasteiger partial charge in [0.05, 0.1) is 16.9 Å². The fourth-order valence-corrected chi connectivity index (χ4v) is 4.35. The molecule has 1 atom stereocenters. The first-order valence-electron chi connectivity index (χ1n) is 9.49. The third-order valence-electron chi connectivity index (χ3n) is 5.69. The summed E-state index contributed by atoms with van der Waals surface area (Å²) in [6.07, 6.45) is 6.58. The molecule has 1 saturated heterocycles. The van der Waals surface area contributed by atoms with E-state index >= 15 is 0 Å². The van der Waals surface area contributed by atoms with Crippen LogP contribution < -0.4 is 5.56 Å². The van der Waals surface area contributed by atoms with Crippen molar-refractivity contribution in [3.8, 4) is 0 Å². The van der Waals surface area contributed by atoms with Crippen LogP contribution in [0.15, 0.2) is 33.6 Å². The molecule has 0 saturated carbocycles. The van der Waals surface area contributed by atoms with E-state index in [1.54, 1.807) is 0 Å². The van der Waals surface area contributed by atoms with Gasteiger partial charge >= 0.3 is 0 Å². The minimum Gasteiger partial charge on any atom is -0.361 e. The summed E-state index contributed by atoms with van der Waals surface area (Å²) in [4.78, 5) is 22.6. The molecule has 2 aromatic heterocycles. The lowest BCUT2D eigenvalue weighted by Crippen LogP contribution is -2.27. The highest BCUT2D eigenvalue weighted by Gasteiger charge is 2.30. The molecule has 6 heteroatoms. The maximum atomic E-state index is 12.4. The number of H-pyrrole nitrogens is 1. The molecule has 1 aliphatic heterocycles. The summed E-state index contributed by atoms with van der Waals surface area (Å²) < 4.78 is 5.56. The second-order valence-electron chi connectivity index (χ2n) is 7.33. The van der Waals surface area contributed by atoms with Gasteiger partial charge in [-0.1, -0.05) is 17.3 Å². The summed E-state index contributed by atoms with van der Waals surface area (Å²) >= 11 is 0. The zero-order valence-electron chi connectivity index (χ0n) is 14.7. The van der Waals surface area contributed by atoms with Crippen LogP contribution in [-0.2, 0) is 19.4 Å². The predicted octanol–water partition coefficient (Wildman–Crippen LogP) is 3.13. The smallest absolute Gasteiger partial charge is 0.258 e. The average molecular weight is 350 g/mol. The van der Waals surface area contributed by atoms with E-state index in [0.29, 0.717) is 5.39 Å². The normalized spacial score (nSPS) is 20.5. The Hall–Kier alpha value is -2.47. The molecule has 134 valence electrons. The minimum absolute atomic E-state index is 0.0590. The molecule has 2 aliphatic rings. The van der Waals surface area contributed by atoms with Crippen molar-refractivity contribution in [2.45, 2.75) is 51.1 Å². The Morgan fingerprint density at radius 1 is 1.19 bits per heavy atom. The fourth-order valence-electron chi connectivity index (χ4n) is 4.35. The second-order valence-corrected chi connectivity index (χ2v) is 7.33. The van der Waals surface area contributed by atoms with Crippen molar-refractivity contribution < 1.29 is 4.52 Å². The number of rotatable bonds is 3. The minimum atomic E-state index is -0.0590. The van der Waals surface area contributed by atoms with Crippen LogP contribution >= 0.6 is 0 Å². The molecule has 6 nitrogen and oxygen atoms in total. The van der Waals surface area contributed by atoms with Crippen molar-refractivity contribution in [1.82, 2.24) is 20.0 Å². The number of benzene rings is 1. The third kappa shape index (κ3) is 2.65. The van der Waals surface area contributed by atoms with Crippen molar-refractivity contribution >= 4 is 10.9 Å². The van der Waals surface area contributed by atoms with E-state index in [1.807, 2.05) is 24.3 Å². The van der Waals surface area contributed by atoms with Gasteiger partial charge in [0, 0.05) is 18.5 Å². The number of aromatic nitrogens is 3. The number of hydrogen-bond donors (Lipinski definition) is 1. The molecule has 0 amide bonds. The zero-order chi connectivity index (χ0) is 17.5. The molecule has 0 spiro atoms. The largest absolute Gasteiger partial charge is 0.361 e. The molecular formula is C20H22N4O2. The van der Waals surface area contributed by atoms with Gasteiger partial charge in [0.15, 0.2) is 0 Å². The fraction of sp³-hybridized carbons (Fsp3) is 0.450. The van der Waals surface area contributed by atoms with Crippen LogP contribution in [0.25, 0.3) is 10.9 Å². The Labute approximate surface area is 151 Å². The predicted molar refractivity (Wildman–Crippen MR) is 97.9 cm³/mol. The molecule has 3 aromatic rings. The molecule has 0 radical (unpaired) electrons. The number of aryl methyl sites for hydroxylation is 1. The number of nitrogens with one attached hydrogen (secondary N) is 1. The van der Waals surface area contributed by atoms with Gasteiger partial charge in [-0.3, -0.25) is 9.69 Å². The maximum Gasteiger partial charge on any atom is 0.258 e. The molecule has 1 aromatic carbocycles.